The van der Waals surface area contributed by atoms with Crippen molar-refractivity contribution >= 4 is 11.6 Å². The molecule has 0 spiro atoms. The molecule has 56 heavy (non-hydrogen) atoms. The molecule has 3 saturated heterocycles. The Labute approximate surface area is 328 Å². The molecule has 0 unspecified atom stereocenters. The summed E-state index contributed by atoms with van der Waals surface area (Å²) in [4.78, 5) is 29.4. The van der Waals surface area contributed by atoms with Gasteiger partial charge >= 0.3 is 0 Å². The molecule has 314 valence electrons. The maximum atomic E-state index is 15.0. The molecule has 0 aromatic heterocycles. The number of carbonyl (C=O) groups excluding carboxylic acids is 2. The Hall–Kier alpha value is -2.08. The largest absolute Gasteiger partial charge is 0.459 e. The van der Waals surface area contributed by atoms with Gasteiger partial charge in [0.25, 0.3) is 0 Å². The molecular weight excluding hydrogens is 728 g/mol. The Bertz CT molecular complexity index is 1680. The summed E-state index contributed by atoms with van der Waals surface area (Å²) in [6.45, 7) is 16.5. The van der Waals surface area contributed by atoms with Crippen molar-refractivity contribution in [1.82, 2.24) is 0 Å². The number of fused-ring (bicyclic) bond motifs is 7. The Morgan fingerprint density at radius 3 is 2.20 bits per heavy atom. The van der Waals surface area contributed by atoms with Crippen molar-refractivity contribution in [2.24, 2.45) is 39.4 Å². The molecule has 0 aromatic carbocycles. The fourth-order valence-electron chi connectivity index (χ4n) is 12.2. The van der Waals surface area contributed by atoms with Gasteiger partial charge in [0.1, 0.15) is 42.4 Å². The normalized spacial score (nSPS) is 52.5. The van der Waals surface area contributed by atoms with Gasteiger partial charge < -0.3 is 59.4 Å². The number of hydrogen-bond acceptors (Lipinski definition) is 14. The van der Waals surface area contributed by atoms with Gasteiger partial charge in [-0.05, 0) is 77.2 Å². The average molecular weight is 791 g/mol. The van der Waals surface area contributed by atoms with Crippen LogP contribution in [0.15, 0.2) is 35.1 Å². The molecule has 0 radical (unpaired) electrons. The molecule has 14 nitrogen and oxygen atoms in total. The van der Waals surface area contributed by atoms with Gasteiger partial charge in [0.05, 0.1) is 35.9 Å². The minimum atomic E-state index is -1.78. The van der Waals surface area contributed by atoms with Gasteiger partial charge in [-0.25, -0.2) is 0 Å². The number of allylic oxidation sites excluding steroid dienone is 5. The highest BCUT2D eigenvalue weighted by Gasteiger charge is 2.75. The van der Waals surface area contributed by atoms with Crippen LogP contribution >= 0.6 is 0 Å². The van der Waals surface area contributed by atoms with E-state index < -0.39 is 107 Å². The van der Waals surface area contributed by atoms with Crippen LogP contribution in [-0.4, -0.2) is 133 Å². The number of ether oxygens (including phenoxy) is 5. The minimum Gasteiger partial charge on any atom is -0.459 e. The van der Waals surface area contributed by atoms with Crippen LogP contribution in [0.3, 0.4) is 0 Å². The number of ketones is 2. The molecule has 0 aromatic rings. The Kier molecular flexibility index (Phi) is 10.5. The van der Waals surface area contributed by atoms with Crippen molar-refractivity contribution in [3.63, 3.8) is 0 Å². The molecule has 14 heteroatoms. The monoisotopic (exact) mass is 790 g/mol. The summed E-state index contributed by atoms with van der Waals surface area (Å²) < 4.78 is 30.5. The Balaban J connectivity index is 1.24. The van der Waals surface area contributed by atoms with Crippen LogP contribution in [0.2, 0.25) is 0 Å². The molecule has 3 aliphatic heterocycles. The van der Waals surface area contributed by atoms with Gasteiger partial charge in [-0.1, -0.05) is 44.1 Å². The van der Waals surface area contributed by atoms with Crippen LogP contribution in [0.5, 0.6) is 0 Å². The summed E-state index contributed by atoms with van der Waals surface area (Å²) in [6.07, 6.45) is -8.40. The number of aliphatic hydroxyl groups excluding tert-OH is 6. The van der Waals surface area contributed by atoms with E-state index in [0.717, 1.165) is 11.1 Å². The average Bonchev–Trinajstić information content (AvgIpc) is 3.34. The van der Waals surface area contributed by atoms with Gasteiger partial charge in [0, 0.05) is 30.1 Å². The molecule has 7 aliphatic rings. The smallest absolute Gasteiger partial charge is 0.229 e. The van der Waals surface area contributed by atoms with E-state index in [2.05, 4.69) is 26.0 Å². The zero-order valence-corrected chi connectivity index (χ0v) is 33.9. The van der Waals surface area contributed by atoms with Crippen LogP contribution < -0.4 is 0 Å². The molecule has 2 saturated carbocycles. The van der Waals surface area contributed by atoms with E-state index in [1.165, 1.54) is 6.92 Å². The van der Waals surface area contributed by atoms with Crippen molar-refractivity contribution in [2.75, 3.05) is 6.61 Å². The van der Waals surface area contributed by atoms with Gasteiger partial charge in [-0.3, -0.25) is 9.59 Å². The lowest BCUT2D eigenvalue weighted by Gasteiger charge is -2.64. The van der Waals surface area contributed by atoms with Gasteiger partial charge in [-0.15, -0.1) is 0 Å². The maximum absolute atomic E-state index is 15.0. The first-order chi connectivity index (χ1) is 25.9. The number of rotatable bonds is 6. The molecular formula is C42H62O14. The van der Waals surface area contributed by atoms with E-state index in [9.17, 15) is 45.3 Å². The van der Waals surface area contributed by atoms with Crippen LogP contribution in [0.4, 0.5) is 0 Å². The fourth-order valence-corrected chi connectivity index (χ4v) is 12.2. The van der Waals surface area contributed by atoms with Crippen molar-refractivity contribution < 1.29 is 69.0 Å². The number of Topliss-reactive ketones (excluding diaryl/α,β-unsaturated/α-hetero) is 2. The summed E-state index contributed by atoms with van der Waals surface area (Å²) in [5.74, 6) is -1.63. The maximum Gasteiger partial charge on any atom is 0.229 e. The lowest BCUT2D eigenvalue weighted by atomic mass is 9.39. The third-order valence-corrected chi connectivity index (χ3v) is 15.3. The highest BCUT2D eigenvalue weighted by atomic mass is 16.8. The third-order valence-electron chi connectivity index (χ3n) is 15.3. The van der Waals surface area contributed by atoms with Crippen molar-refractivity contribution in [3.8, 4) is 0 Å². The van der Waals surface area contributed by atoms with E-state index in [1.807, 2.05) is 27.7 Å². The highest BCUT2D eigenvalue weighted by Crippen LogP contribution is 2.75. The van der Waals surface area contributed by atoms with Crippen LogP contribution in [0, 0.1) is 39.4 Å². The van der Waals surface area contributed by atoms with E-state index in [-0.39, 0.29) is 42.0 Å². The molecule has 0 amide bonds. The molecule has 0 bridgehead atoms. The molecule has 5 fully saturated rings. The van der Waals surface area contributed by atoms with Gasteiger partial charge in [0.15, 0.2) is 18.2 Å². The zero-order chi connectivity index (χ0) is 41.2. The summed E-state index contributed by atoms with van der Waals surface area (Å²) >= 11 is 0. The van der Waals surface area contributed by atoms with E-state index in [1.54, 1.807) is 19.9 Å². The van der Waals surface area contributed by atoms with Crippen molar-refractivity contribution in [3.05, 3.63) is 35.1 Å². The summed E-state index contributed by atoms with van der Waals surface area (Å²) in [5, 5.41) is 75.6. The number of carbonyl (C=O) groups is 2. The topological polar surface area (TPSA) is 222 Å². The second-order valence-electron chi connectivity index (χ2n) is 19.4. The number of aliphatic hydroxyl groups is 7. The third kappa shape index (κ3) is 6.07. The highest BCUT2D eigenvalue weighted by molar-refractivity contribution is 6.02. The molecule has 7 rings (SSSR count). The number of hydrogen-bond donors (Lipinski definition) is 7. The van der Waals surface area contributed by atoms with Gasteiger partial charge in [-0.2, -0.15) is 0 Å². The standard InChI is InChI=1S/C42H62O14/c1-18(2)12-20-14-41(8,51)34-24(53-20)15-39(6)26-11-10-21-22(42(26,9)27(44)16-40(34,39)7)13-23(35(50)38(21,4)5)54-37-33(31(48)29(46)25(17-43)55-37)56-36-32(49)30(47)28(45)19(3)52-36/h10,12-13,19-20,22,24-26,28-34,36-37,43,45-49,51H,11,14-17H2,1-9H3/t19-,20-,22+,24+,25+,26-,28-,29+,30+,31-,32+,33+,34-,36-,37+,39-,40+,41-,42-/m0/s1. The second-order valence-corrected chi connectivity index (χ2v) is 19.4. The lowest BCUT2D eigenvalue weighted by molar-refractivity contribution is -0.360. The summed E-state index contributed by atoms with van der Waals surface area (Å²) in [7, 11) is 0. The first-order valence-corrected chi connectivity index (χ1v) is 20.1. The van der Waals surface area contributed by atoms with Crippen LogP contribution in [0.25, 0.3) is 0 Å². The molecule has 4 aliphatic carbocycles. The van der Waals surface area contributed by atoms with Crippen LogP contribution in [0.1, 0.15) is 88.0 Å². The predicted octanol–water partition coefficient (Wildman–Crippen LogP) is 1.60. The minimum absolute atomic E-state index is 0.0222. The summed E-state index contributed by atoms with van der Waals surface area (Å²) in [6, 6.07) is 0. The van der Waals surface area contributed by atoms with Crippen LogP contribution in [-0.2, 0) is 33.3 Å². The van der Waals surface area contributed by atoms with Gasteiger partial charge in [0.2, 0.25) is 12.1 Å². The first-order valence-electron chi connectivity index (χ1n) is 20.1. The second kappa shape index (κ2) is 14.0. The molecule has 7 N–H and O–H groups in total. The molecule has 19 atom stereocenters. The quantitative estimate of drug-likeness (QED) is 0.190. The van der Waals surface area contributed by atoms with E-state index in [0.29, 0.717) is 19.3 Å². The van der Waals surface area contributed by atoms with E-state index in [4.69, 9.17) is 23.7 Å². The fraction of sp³-hybridized carbons (Fsp3) is 0.810. The SMILES string of the molecule is CC(C)=C[C@H]1C[C@](C)(O)[C@H]2[C@@H](C[C@@]3(C)[C@@H]4CC=C5[C@@H](C=C(O[C@@H]6O[C@H](CO)[C@@H](O)[C@H](O)[C@H]6O[C@@H]6O[C@@H](C)[C@H](O)[C@@H](O)[C@H]6O)C(=O)C5(C)C)[C@]4(C)C(=O)C[C@]23C)O1. The van der Waals surface area contributed by atoms with Crippen molar-refractivity contribution in [2.45, 2.75) is 167 Å². The molecule has 3 heterocycles. The van der Waals surface area contributed by atoms with E-state index >= 15 is 0 Å². The predicted molar refractivity (Wildman–Crippen MR) is 198 cm³/mol. The Morgan fingerprint density at radius 1 is 0.875 bits per heavy atom. The Morgan fingerprint density at radius 2 is 1.55 bits per heavy atom. The van der Waals surface area contributed by atoms with Crippen molar-refractivity contribution in [1.29, 1.82) is 0 Å². The summed E-state index contributed by atoms with van der Waals surface area (Å²) in [5.41, 5.74) is -2.36. The zero-order valence-electron chi connectivity index (χ0n) is 33.9. The first kappa shape index (κ1) is 42.1. The lowest BCUT2D eigenvalue weighted by Crippen LogP contribution is -2.65.